The lowest BCUT2D eigenvalue weighted by Crippen LogP contribution is -2.53. The fraction of sp³-hybridized carbons (Fsp3) is 0.533. The molecule has 2 saturated heterocycles. The molecule has 0 saturated carbocycles. The van der Waals surface area contributed by atoms with Crippen molar-refractivity contribution in [2.75, 3.05) is 43.5 Å². The molecule has 22 heavy (non-hydrogen) atoms. The van der Waals surface area contributed by atoms with Crippen LogP contribution in [0.5, 0.6) is 0 Å². The van der Waals surface area contributed by atoms with Gasteiger partial charge >= 0.3 is 0 Å². The van der Waals surface area contributed by atoms with Gasteiger partial charge in [-0.15, -0.1) is 0 Å². The summed E-state index contributed by atoms with van der Waals surface area (Å²) in [6.45, 7) is 1.86. The molecule has 118 valence electrons. The van der Waals surface area contributed by atoms with Gasteiger partial charge in [0.15, 0.2) is 0 Å². The maximum absolute atomic E-state index is 11.8. The Morgan fingerprint density at radius 3 is 2.59 bits per heavy atom. The van der Waals surface area contributed by atoms with E-state index in [9.17, 15) is 14.7 Å². The molecule has 3 heterocycles. The van der Waals surface area contributed by atoms with Crippen molar-refractivity contribution in [1.82, 2.24) is 9.88 Å². The van der Waals surface area contributed by atoms with Gasteiger partial charge < -0.3 is 19.8 Å². The summed E-state index contributed by atoms with van der Waals surface area (Å²) in [5.74, 6) is 0.713. The largest absolute Gasteiger partial charge is 0.383 e. The average Bonchev–Trinajstić information content (AvgIpc) is 2.78. The van der Waals surface area contributed by atoms with Gasteiger partial charge in [0.2, 0.25) is 5.91 Å². The third-order valence-electron chi connectivity index (χ3n) is 4.22. The highest BCUT2D eigenvalue weighted by Crippen LogP contribution is 2.27. The number of anilines is 2. The third kappa shape index (κ3) is 2.52. The highest BCUT2D eigenvalue weighted by molar-refractivity contribution is 5.98. The van der Waals surface area contributed by atoms with Crippen molar-refractivity contribution in [1.29, 1.82) is 0 Å². The summed E-state index contributed by atoms with van der Waals surface area (Å²) in [6.07, 6.45) is 1.21. The predicted molar refractivity (Wildman–Crippen MR) is 81.6 cm³/mol. The molecule has 0 aromatic carbocycles. The van der Waals surface area contributed by atoms with E-state index >= 15 is 0 Å². The van der Waals surface area contributed by atoms with E-state index in [1.807, 2.05) is 17.0 Å². The van der Waals surface area contributed by atoms with Gasteiger partial charge in [0.25, 0.3) is 5.91 Å². The molecule has 0 aliphatic carbocycles. The SMILES string of the molecule is CN(C)C(=O)C1CN(c2ccc(N3CC[C@H](O)C3=O)cn2)C1. The fourth-order valence-corrected chi connectivity index (χ4v) is 2.83. The van der Waals surface area contributed by atoms with Crippen LogP contribution in [0.2, 0.25) is 0 Å². The number of carbonyl (C=O) groups is 2. The molecular weight excluding hydrogens is 284 g/mol. The monoisotopic (exact) mass is 304 g/mol. The van der Waals surface area contributed by atoms with Gasteiger partial charge in [0.05, 0.1) is 17.8 Å². The van der Waals surface area contributed by atoms with Crippen LogP contribution < -0.4 is 9.80 Å². The van der Waals surface area contributed by atoms with Crippen LogP contribution in [0.15, 0.2) is 18.3 Å². The minimum atomic E-state index is -0.895. The number of aromatic nitrogens is 1. The van der Waals surface area contributed by atoms with E-state index in [1.165, 1.54) is 0 Å². The topological polar surface area (TPSA) is 77.0 Å². The van der Waals surface area contributed by atoms with Crippen LogP contribution >= 0.6 is 0 Å². The van der Waals surface area contributed by atoms with Gasteiger partial charge in [-0.25, -0.2) is 4.98 Å². The molecule has 7 heteroatoms. The molecule has 2 fully saturated rings. The summed E-state index contributed by atoms with van der Waals surface area (Å²) in [5, 5.41) is 9.49. The van der Waals surface area contributed by atoms with Crippen LogP contribution in [-0.4, -0.2) is 66.6 Å². The number of rotatable bonds is 3. The summed E-state index contributed by atoms with van der Waals surface area (Å²) in [5.41, 5.74) is 0.701. The molecule has 3 rings (SSSR count). The number of hydrogen-bond donors (Lipinski definition) is 1. The van der Waals surface area contributed by atoms with Gasteiger partial charge in [-0.3, -0.25) is 9.59 Å². The van der Waals surface area contributed by atoms with E-state index in [2.05, 4.69) is 4.98 Å². The molecule has 7 nitrogen and oxygen atoms in total. The molecule has 2 aliphatic heterocycles. The molecule has 1 atom stereocenters. The molecule has 2 amide bonds. The molecular formula is C15H20N4O3. The summed E-state index contributed by atoms with van der Waals surface area (Å²) in [4.78, 5) is 33.1. The van der Waals surface area contributed by atoms with Crippen molar-refractivity contribution in [2.24, 2.45) is 5.92 Å². The van der Waals surface area contributed by atoms with Crippen LogP contribution in [0.25, 0.3) is 0 Å². The highest BCUT2D eigenvalue weighted by atomic mass is 16.3. The number of pyridine rings is 1. The summed E-state index contributed by atoms with van der Waals surface area (Å²) >= 11 is 0. The fourth-order valence-electron chi connectivity index (χ4n) is 2.83. The number of aliphatic hydroxyl groups excluding tert-OH is 1. The zero-order valence-electron chi connectivity index (χ0n) is 12.8. The lowest BCUT2D eigenvalue weighted by atomic mass is 9.99. The molecule has 0 spiro atoms. The number of hydrogen-bond acceptors (Lipinski definition) is 5. The second-order valence-electron chi connectivity index (χ2n) is 6.00. The van der Waals surface area contributed by atoms with Gasteiger partial charge in [-0.05, 0) is 12.1 Å². The van der Waals surface area contributed by atoms with Crippen LogP contribution in [0.1, 0.15) is 6.42 Å². The quantitative estimate of drug-likeness (QED) is 0.830. The Hall–Kier alpha value is -2.15. The van der Waals surface area contributed by atoms with Crippen molar-refractivity contribution in [3.05, 3.63) is 18.3 Å². The zero-order valence-corrected chi connectivity index (χ0v) is 12.8. The maximum atomic E-state index is 11.8. The molecule has 1 N–H and O–H groups in total. The normalized spacial score (nSPS) is 22.0. The number of aliphatic hydroxyl groups is 1. The van der Waals surface area contributed by atoms with Crippen molar-refractivity contribution >= 4 is 23.3 Å². The predicted octanol–water partition coefficient (Wildman–Crippen LogP) is -0.296. The molecule has 1 aromatic heterocycles. The first kappa shape index (κ1) is 14.8. The smallest absolute Gasteiger partial charge is 0.255 e. The average molecular weight is 304 g/mol. The lowest BCUT2D eigenvalue weighted by Gasteiger charge is -2.40. The Balaban J connectivity index is 1.62. The number of amides is 2. The Labute approximate surface area is 129 Å². The molecule has 0 radical (unpaired) electrons. The van der Waals surface area contributed by atoms with Gasteiger partial charge in [0.1, 0.15) is 11.9 Å². The number of nitrogens with zero attached hydrogens (tertiary/aromatic N) is 4. The van der Waals surface area contributed by atoms with Crippen molar-refractivity contribution in [3.8, 4) is 0 Å². The minimum Gasteiger partial charge on any atom is -0.383 e. The second-order valence-corrected chi connectivity index (χ2v) is 6.00. The molecule has 1 aromatic rings. The lowest BCUT2D eigenvalue weighted by molar-refractivity contribution is -0.133. The summed E-state index contributed by atoms with van der Waals surface area (Å²) in [7, 11) is 3.53. The summed E-state index contributed by atoms with van der Waals surface area (Å²) < 4.78 is 0. The highest BCUT2D eigenvalue weighted by Gasteiger charge is 2.35. The number of carbonyl (C=O) groups excluding carboxylic acids is 2. The van der Waals surface area contributed by atoms with E-state index in [1.54, 1.807) is 30.1 Å². The van der Waals surface area contributed by atoms with Crippen LogP contribution in [0.3, 0.4) is 0 Å². The van der Waals surface area contributed by atoms with E-state index in [-0.39, 0.29) is 17.7 Å². The second kappa shape index (κ2) is 5.57. The maximum Gasteiger partial charge on any atom is 0.255 e. The van der Waals surface area contributed by atoms with Gasteiger partial charge in [-0.1, -0.05) is 0 Å². The first-order valence-electron chi connectivity index (χ1n) is 7.39. The Morgan fingerprint density at radius 1 is 1.36 bits per heavy atom. The first-order chi connectivity index (χ1) is 10.5. The molecule has 0 unspecified atom stereocenters. The Kier molecular flexibility index (Phi) is 3.74. The van der Waals surface area contributed by atoms with E-state index in [0.717, 1.165) is 5.82 Å². The Bertz CT molecular complexity index is 581. The van der Waals surface area contributed by atoms with Crippen molar-refractivity contribution < 1.29 is 14.7 Å². The third-order valence-corrected chi connectivity index (χ3v) is 4.22. The van der Waals surface area contributed by atoms with Crippen molar-refractivity contribution in [2.45, 2.75) is 12.5 Å². The standard InChI is InChI=1S/C15H20N4O3/c1-17(2)14(21)10-8-18(9-10)13-4-3-11(7-16-13)19-6-5-12(20)15(19)22/h3-4,7,10,12,20H,5-6,8-9H2,1-2H3/t12-/m0/s1. The van der Waals surface area contributed by atoms with Crippen LogP contribution in [0, 0.1) is 5.92 Å². The van der Waals surface area contributed by atoms with Gasteiger partial charge in [0, 0.05) is 40.2 Å². The minimum absolute atomic E-state index is 0.0341. The van der Waals surface area contributed by atoms with Crippen molar-refractivity contribution in [3.63, 3.8) is 0 Å². The van der Waals surface area contributed by atoms with Gasteiger partial charge in [-0.2, -0.15) is 0 Å². The first-order valence-corrected chi connectivity index (χ1v) is 7.39. The van der Waals surface area contributed by atoms with E-state index in [4.69, 9.17) is 0 Å². The molecule has 2 aliphatic rings. The van der Waals surface area contributed by atoms with Crippen LogP contribution in [0.4, 0.5) is 11.5 Å². The van der Waals surface area contributed by atoms with E-state index in [0.29, 0.717) is 31.7 Å². The van der Waals surface area contributed by atoms with Crippen LogP contribution in [-0.2, 0) is 9.59 Å². The zero-order chi connectivity index (χ0) is 15.9. The van der Waals surface area contributed by atoms with E-state index < -0.39 is 6.10 Å². The summed E-state index contributed by atoms with van der Waals surface area (Å²) in [6, 6.07) is 3.68. The molecule has 0 bridgehead atoms. The Morgan fingerprint density at radius 2 is 2.09 bits per heavy atom.